The van der Waals surface area contributed by atoms with Gasteiger partial charge >= 0.3 is 0 Å². The molecule has 0 N–H and O–H groups in total. The van der Waals surface area contributed by atoms with Crippen molar-refractivity contribution in [1.29, 1.82) is 0 Å². The van der Waals surface area contributed by atoms with Crippen molar-refractivity contribution in [3.8, 4) is 0 Å². The van der Waals surface area contributed by atoms with Crippen molar-refractivity contribution < 1.29 is 0 Å². The molecule has 0 bridgehead atoms. The Hall–Kier alpha value is 0.290. The quantitative estimate of drug-likeness (QED) is 0.478. The zero-order chi connectivity index (χ0) is 7.89. The number of hydrogen-bond acceptors (Lipinski definition) is 0. The highest BCUT2D eigenvalue weighted by molar-refractivity contribution is 6.21. The average Bonchev–Trinajstić information content (AvgIpc) is 2.07. The first kappa shape index (κ1) is 8.39. The van der Waals surface area contributed by atoms with Crippen molar-refractivity contribution in [2.75, 3.05) is 0 Å². The fraction of sp³-hybridized carbons (Fsp3) is 1.00. The van der Waals surface area contributed by atoms with Gasteiger partial charge in [0.25, 0.3) is 0 Å². The Labute approximate surface area is 69.0 Å². The molecule has 0 nitrogen and oxygen atoms in total. The maximum atomic E-state index is 6.20. The van der Waals surface area contributed by atoms with E-state index in [1.54, 1.807) is 0 Å². The Balaban J connectivity index is 2.68. The van der Waals surface area contributed by atoms with E-state index in [9.17, 15) is 0 Å². The molecule has 4 atom stereocenters. The van der Waals surface area contributed by atoms with E-state index in [0.717, 1.165) is 11.8 Å². The van der Waals surface area contributed by atoms with Crippen LogP contribution in [0.15, 0.2) is 0 Å². The molecule has 1 fully saturated rings. The summed E-state index contributed by atoms with van der Waals surface area (Å²) in [5, 5.41) is 0.407. The second-order valence-electron chi connectivity index (χ2n) is 3.88. The average molecular weight is 161 g/mol. The van der Waals surface area contributed by atoms with Gasteiger partial charge in [-0.1, -0.05) is 27.7 Å². The van der Waals surface area contributed by atoms with Gasteiger partial charge in [0.15, 0.2) is 0 Å². The van der Waals surface area contributed by atoms with E-state index in [0.29, 0.717) is 17.2 Å². The molecule has 0 spiro atoms. The molecule has 0 amide bonds. The minimum atomic E-state index is 0.407. The third-order valence-electron chi connectivity index (χ3n) is 3.49. The van der Waals surface area contributed by atoms with Gasteiger partial charge in [-0.05, 0) is 23.7 Å². The van der Waals surface area contributed by atoms with Crippen LogP contribution in [-0.2, 0) is 0 Å². The molecule has 1 saturated carbocycles. The molecule has 0 radical (unpaired) electrons. The summed E-state index contributed by atoms with van der Waals surface area (Å²) in [6.07, 6.45) is 0. The van der Waals surface area contributed by atoms with Gasteiger partial charge in [0, 0.05) is 5.38 Å². The number of halogens is 1. The summed E-state index contributed by atoms with van der Waals surface area (Å²) in [5.74, 6) is 3.01. The molecule has 10 heavy (non-hydrogen) atoms. The Bertz CT molecular complexity index is 77.1. The summed E-state index contributed by atoms with van der Waals surface area (Å²) in [4.78, 5) is 0. The molecule has 4 unspecified atom stereocenters. The zero-order valence-electron chi connectivity index (χ0n) is 7.26. The normalized spacial score (nSPS) is 55.5. The first-order valence-electron chi connectivity index (χ1n) is 4.19. The van der Waals surface area contributed by atoms with E-state index < -0.39 is 0 Å². The summed E-state index contributed by atoms with van der Waals surface area (Å²) in [5.41, 5.74) is 0. The van der Waals surface area contributed by atoms with Gasteiger partial charge in [0.05, 0.1) is 0 Å². The molecule has 0 aromatic heterocycles. The highest BCUT2D eigenvalue weighted by Gasteiger charge is 2.39. The van der Waals surface area contributed by atoms with Crippen molar-refractivity contribution in [2.45, 2.75) is 33.1 Å². The summed E-state index contributed by atoms with van der Waals surface area (Å²) >= 11 is 6.20. The largest absolute Gasteiger partial charge is 0.122 e. The van der Waals surface area contributed by atoms with E-state index in [1.807, 2.05) is 0 Å². The van der Waals surface area contributed by atoms with Crippen LogP contribution in [0.1, 0.15) is 27.7 Å². The van der Waals surface area contributed by atoms with Crippen LogP contribution in [-0.4, -0.2) is 5.38 Å². The standard InChI is InChI=1S/C9H17Cl/c1-5-6(2)8(4)9(10)7(5)3/h5-9H,1-4H3. The molecular formula is C9H17Cl. The SMILES string of the molecule is CC1C(C)C(C)C(Cl)C1C. The number of rotatable bonds is 0. The summed E-state index contributed by atoms with van der Waals surface area (Å²) in [6.45, 7) is 9.16. The van der Waals surface area contributed by atoms with Crippen molar-refractivity contribution in [2.24, 2.45) is 23.7 Å². The van der Waals surface area contributed by atoms with Crippen molar-refractivity contribution in [3.63, 3.8) is 0 Å². The smallest absolute Gasteiger partial charge is 0.0392 e. The van der Waals surface area contributed by atoms with Gasteiger partial charge in [-0.15, -0.1) is 11.6 Å². The predicted octanol–water partition coefficient (Wildman–Crippen LogP) is 3.15. The number of alkyl halides is 1. The molecule has 1 aliphatic rings. The fourth-order valence-corrected chi connectivity index (χ4v) is 2.48. The molecule has 60 valence electrons. The first-order chi connectivity index (χ1) is 4.55. The second-order valence-corrected chi connectivity index (χ2v) is 4.38. The first-order valence-corrected chi connectivity index (χ1v) is 4.63. The van der Waals surface area contributed by atoms with Crippen LogP contribution in [0.2, 0.25) is 0 Å². The van der Waals surface area contributed by atoms with E-state index in [4.69, 9.17) is 11.6 Å². The molecule has 1 rings (SSSR count). The van der Waals surface area contributed by atoms with E-state index in [2.05, 4.69) is 27.7 Å². The third kappa shape index (κ3) is 1.07. The van der Waals surface area contributed by atoms with E-state index >= 15 is 0 Å². The third-order valence-corrected chi connectivity index (χ3v) is 4.29. The summed E-state index contributed by atoms with van der Waals surface area (Å²) in [7, 11) is 0. The molecule has 0 aromatic carbocycles. The lowest BCUT2D eigenvalue weighted by Crippen LogP contribution is -2.11. The van der Waals surface area contributed by atoms with Crippen LogP contribution in [0.3, 0.4) is 0 Å². The van der Waals surface area contributed by atoms with Crippen LogP contribution in [0.5, 0.6) is 0 Å². The summed E-state index contributed by atoms with van der Waals surface area (Å²) in [6, 6.07) is 0. The van der Waals surface area contributed by atoms with Gasteiger partial charge in [0.2, 0.25) is 0 Å². The van der Waals surface area contributed by atoms with Crippen LogP contribution >= 0.6 is 11.6 Å². The lowest BCUT2D eigenvalue weighted by atomic mass is 9.92. The minimum absolute atomic E-state index is 0.407. The topological polar surface area (TPSA) is 0 Å². The Morgan fingerprint density at radius 1 is 0.700 bits per heavy atom. The molecule has 0 saturated heterocycles. The monoisotopic (exact) mass is 160 g/mol. The van der Waals surface area contributed by atoms with Crippen LogP contribution in [0.25, 0.3) is 0 Å². The van der Waals surface area contributed by atoms with Crippen molar-refractivity contribution in [1.82, 2.24) is 0 Å². The Morgan fingerprint density at radius 2 is 1.00 bits per heavy atom. The van der Waals surface area contributed by atoms with Gasteiger partial charge in [0.1, 0.15) is 0 Å². The molecular weight excluding hydrogens is 144 g/mol. The van der Waals surface area contributed by atoms with E-state index in [-0.39, 0.29) is 0 Å². The highest BCUT2D eigenvalue weighted by atomic mass is 35.5. The highest BCUT2D eigenvalue weighted by Crippen LogP contribution is 2.43. The van der Waals surface area contributed by atoms with E-state index in [1.165, 1.54) is 0 Å². The van der Waals surface area contributed by atoms with Crippen molar-refractivity contribution >= 4 is 11.6 Å². The maximum Gasteiger partial charge on any atom is 0.0392 e. The van der Waals surface area contributed by atoms with Crippen LogP contribution in [0.4, 0.5) is 0 Å². The molecule has 1 aliphatic carbocycles. The van der Waals surface area contributed by atoms with Gasteiger partial charge in [-0.3, -0.25) is 0 Å². The second kappa shape index (κ2) is 2.73. The summed E-state index contributed by atoms with van der Waals surface area (Å²) < 4.78 is 0. The lowest BCUT2D eigenvalue weighted by molar-refractivity contribution is 0.352. The van der Waals surface area contributed by atoms with Crippen LogP contribution < -0.4 is 0 Å². The molecule has 0 aromatic rings. The molecule has 1 heteroatoms. The fourth-order valence-electron chi connectivity index (χ4n) is 2.02. The predicted molar refractivity (Wildman–Crippen MR) is 46.3 cm³/mol. The van der Waals surface area contributed by atoms with Gasteiger partial charge in [-0.25, -0.2) is 0 Å². The number of hydrogen-bond donors (Lipinski definition) is 0. The minimum Gasteiger partial charge on any atom is -0.122 e. The Kier molecular flexibility index (Phi) is 2.29. The molecule has 0 aliphatic heterocycles. The molecule has 0 heterocycles. The zero-order valence-corrected chi connectivity index (χ0v) is 8.02. The van der Waals surface area contributed by atoms with Crippen molar-refractivity contribution in [3.05, 3.63) is 0 Å². The van der Waals surface area contributed by atoms with Crippen LogP contribution in [0, 0.1) is 23.7 Å². The maximum absolute atomic E-state index is 6.20. The lowest BCUT2D eigenvalue weighted by Gasteiger charge is -2.13. The van der Waals surface area contributed by atoms with Gasteiger partial charge < -0.3 is 0 Å². The van der Waals surface area contributed by atoms with Gasteiger partial charge in [-0.2, -0.15) is 0 Å². The Morgan fingerprint density at radius 3 is 1.10 bits per heavy atom.